The highest BCUT2D eigenvalue weighted by molar-refractivity contribution is 5.24. The summed E-state index contributed by atoms with van der Waals surface area (Å²) in [6.07, 6.45) is 11.3. The van der Waals surface area contributed by atoms with Crippen LogP contribution in [0, 0.1) is 35.0 Å². The second kappa shape index (κ2) is 1.89. The Morgan fingerprint density at radius 3 is 2.92 bits per heavy atom. The zero-order chi connectivity index (χ0) is 8.63. The molecule has 4 rings (SSSR count). The van der Waals surface area contributed by atoms with Crippen molar-refractivity contribution in [2.24, 2.45) is 35.0 Å². The minimum Gasteiger partial charge on any atom is -0.0848 e. The first-order valence-corrected chi connectivity index (χ1v) is 5.98. The maximum atomic E-state index is 2.61. The van der Waals surface area contributed by atoms with Crippen molar-refractivity contribution >= 4 is 0 Å². The summed E-state index contributed by atoms with van der Waals surface area (Å²) in [6.45, 7) is 2.61. The van der Waals surface area contributed by atoms with E-state index < -0.39 is 0 Å². The summed E-state index contributed by atoms with van der Waals surface area (Å²) in [6, 6.07) is 0. The van der Waals surface area contributed by atoms with E-state index in [1.807, 2.05) is 0 Å². The number of allylic oxidation sites excluding steroid dienone is 2. The van der Waals surface area contributed by atoms with Crippen LogP contribution in [0.5, 0.6) is 0 Å². The lowest BCUT2D eigenvalue weighted by molar-refractivity contribution is 0.0864. The SMILES string of the molecule is CC12C3C=CC(C3)C1C1CCC2C1. The maximum Gasteiger partial charge on any atom is -0.0168 e. The topological polar surface area (TPSA) is 0 Å². The number of hydrogen-bond donors (Lipinski definition) is 0. The molecule has 0 aromatic rings. The van der Waals surface area contributed by atoms with Gasteiger partial charge in [-0.3, -0.25) is 0 Å². The van der Waals surface area contributed by atoms with Crippen LogP contribution in [0.1, 0.15) is 32.6 Å². The fourth-order valence-electron chi connectivity index (χ4n) is 5.50. The van der Waals surface area contributed by atoms with E-state index in [1.54, 1.807) is 19.3 Å². The molecule has 0 radical (unpaired) electrons. The van der Waals surface area contributed by atoms with Gasteiger partial charge in [-0.05, 0) is 60.7 Å². The Balaban J connectivity index is 1.89. The van der Waals surface area contributed by atoms with Crippen molar-refractivity contribution in [3.05, 3.63) is 12.2 Å². The lowest BCUT2D eigenvalue weighted by Gasteiger charge is -2.42. The lowest BCUT2D eigenvalue weighted by atomic mass is 9.62. The van der Waals surface area contributed by atoms with Gasteiger partial charge in [0.1, 0.15) is 0 Å². The Hall–Kier alpha value is -0.260. The first-order chi connectivity index (χ1) is 6.30. The molecule has 0 aromatic heterocycles. The first kappa shape index (κ1) is 7.09. The Kier molecular flexibility index (Phi) is 1.03. The lowest BCUT2D eigenvalue weighted by Crippen LogP contribution is -2.36. The highest BCUT2D eigenvalue weighted by Crippen LogP contribution is 2.72. The third kappa shape index (κ3) is 0.582. The summed E-state index contributed by atoms with van der Waals surface area (Å²) < 4.78 is 0. The second-order valence-corrected chi connectivity index (χ2v) is 6.05. The van der Waals surface area contributed by atoms with E-state index in [0.717, 1.165) is 35.0 Å². The molecule has 0 N–H and O–H groups in total. The van der Waals surface area contributed by atoms with E-state index >= 15 is 0 Å². The first-order valence-electron chi connectivity index (χ1n) is 5.98. The molecule has 6 unspecified atom stereocenters. The van der Waals surface area contributed by atoms with Crippen molar-refractivity contribution < 1.29 is 0 Å². The van der Waals surface area contributed by atoms with Crippen molar-refractivity contribution in [2.75, 3.05) is 0 Å². The Bertz CT molecular complexity index is 290. The van der Waals surface area contributed by atoms with Gasteiger partial charge in [-0.15, -0.1) is 0 Å². The molecule has 0 aromatic carbocycles. The molecular formula is C13H18. The average molecular weight is 174 g/mol. The summed E-state index contributed by atoms with van der Waals surface area (Å²) in [7, 11) is 0. The van der Waals surface area contributed by atoms with Crippen LogP contribution in [0.15, 0.2) is 12.2 Å². The molecule has 4 bridgehead atoms. The normalized spacial score (nSPS) is 66.4. The number of fused-ring (bicyclic) bond motifs is 9. The molecule has 0 saturated heterocycles. The van der Waals surface area contributed by atoms with Crippen LogP contribution < -0.4 is 0 Å². The van der Waals surface area contributed by atoms with Gasteiger partial charge in [0.25, 0.3) is 0 Å². The smallest absolute Gasteiger partial charge is 0.0168 e. The van der Waals surface area contributed by atoms with E-state index in [1.165, 1.54) is 6.42 Å². The van der Waals surface area contributed by atoms with E-state index in [2.05, 4.69) is 19.1 Å². The molecule has 0 heterocycles. The van der Waals surface area contributed by atoms with Crippen molar-refractivity contribution in [1.29, 1.82) is 0 Å². The van der Waals surface area contributed by atoms with Crippen LogP contribution in [0.2, 0.25) is 0 Å². The van der Waals surface area contributed by atoms with E-state index in [-0.39, 0.29) is 0 Å². The van der Waals surface area contributed by atoms with Gasteiger partial charge < -0.3 is 0 Å². The van der Waals surface area contributed by atoms with Crippen molar-refractivity contribution in [1.82, 2.24) is 0 Å². The molecule has 0 spiro atoms. The summed E-state index contributed by atoms with van der Waals surface area (Å²) in [5.74, 6) is 5.28. The van der Waals surface area contributed by atoms with Gasteiger partial charge >= 0.3 is 0 Å². The molecule has 4 aliphatic carbocycles. The molecule has 0 heteroatoms. The van der Waals surface area contributed by atoms with Crippen LogP contribution in [0.25, 0.3) is 0 Å². The molecule has 70 valence electrons. The summed E-state index contributed by atoms with van der Waals surface area (Å²) >= 11 is 0. The molecule has 0 nitrogen and oxygen atoms in total. The number of rotatable bonds is 0. The third-order valence-corrected chi connectivity index (χ3v) is 5.96. The molecule has 3 fully saturated rings. The molecular weight excluding hydrogens is 156 g/mol. The predicted molar refractivity (Wildman–Crippen MR) is 53.2 cm³/mol. The van der Waals surface area contributed by atoms with Gasteiger partial charge in [0.15, 0.2) is 0 Å². The third-order valence-electron chi connectivity index (χ3n) is 5.96. The Morgan fingerprint density at radius 2 is 2.08 bits per heavy atom. The molecule has 3 saturated carbocycles. The van der Waals surface area contributed by atoms with Crippen LogP contribution in [0.4, 0.5) is 0 Å². The minimum atomic E-state index is 0.752. The van der Waals surface area contributed by atoms with Crippen molar-refractivity contribution in [2.45, 2.75) is 32.6 Å². The van der Waals surface area contributed by atoms with E-state index in [4.69, 9.17) is 0 Å². The van der Waals surface area contributed by atoms with E-state index in [9.17, 15) is 0 Å². The highest BCUT2D eigenvalue weighted by atomic mass is 14.7. The minimum absolute atomic E-state index is 0.752. The zero-order valence-corrected chi connectivity index (χ0v) is 8.37. The van der Waals surface area contributed by atoms with Gasteiger partial charge in [-0.1, -0.05) is 19.1 Å². The average Bonchev–Trinajstić information content (AvgIpc) is 2.79. The van der Waals surface area contributed by atoms with Gasteiger partial charge in [0.2, 0.25) is 0 Å². The predicted octanol–water partition coefficient (Wildman–Crippen LogP) is 3.24. The van der Waals surface area contributed by atoms with Crippen molar-refractivity contribution in [3.63, 3.8) is 0 Å². The molecule has 4 aliphatic rings. The molecule has 0 amide bonds. The van der Waals surface area contributed by atoms with Gasteiger partial charge in [-0.25, -0.2) is 0 Å². The maximum absolute atomic E-state index is 2.61. The second-order valence-electron chi connectivity index (χ2n) is 6.05. The summed E-state index contributed by atoms with van der Waals surface area (Å²) in [5, 5.41) is 0. The molecule has 6 atom stereocenters. The van der Waals surface area contributed by atoms with Crippen LogP contribution in [-0.4, -0.2) is 0 Å². The van der Waals surface area contributed by atoms with Gasteiger partial charge in [-0.2, -0.15) is 0 Å². The zero-order valence-electron chi connectivity index (χ0n) is 8.37. The standard InChI is InChI=1S/C13H18/c1-13-10-4-2-8(6-10)12(13)9-3-5-11(13)7-9/h2,4,8-12H,3,5-7H2,1H3. The Labute approximate surface area is 80.4 Å². The van der Waals surface area contributed by atoms with Crippen molar-refractivity contribution in [3.8, 4) is 0 Å². The van der Waals surface area contributed by atoms with Gasteiger partial charge in [0.05, 0.1) is 0 Å². The van der Waals surface area contributed by atoms with Crippen LogP contribution in [0.3, 0.4) is 0 Å². The quantitative estimate of drug-likeness (QED) is 0.390. The van der Waals surface area contributed by atoms with E-state index in [0.29, 0.717) is 0 Å². The fraction of sp³-hybridized carbons (Fsp3) is 0.846. The van der Waals surface area contributed by atoms with Crippen LogP contribution in [-0.2, 0) is 0 Å². The highest BCUT2D eigenvalue weighted by Gasteiger charge is 2.64. The van der Waals surface area contributed by atoms with Gasteiger partial charge in [0, 0.05) is 0 Å². The molecule has 13 heavy (non-hydrogen) atoms. The number of hydrogen-bond acceptors (Lipinski definition) is 0. The monoisotopic (exact) mass is 174 g/mol. The fourth-order valence-corrected chi connectivity index (χ4v) is 5.50. The van der Waals surface area contributed by atoms with Crippen LogP contribution >= 0.6 is 0 Å². The Morgan fingerprint density at radius 1 is 1.15 bits per heavy atom. The largest absolute Gasteiger partial charge is 0.0848 e. The summed E-state index contributed by atoms with van der Waals surface area (Å²) in [5.41, 5.74) is 0.752. The molecule has 0 aliphatic heterocycles. The summed E-state index contributed by atoms with van der Waals surface area (Å²) in [4.78, 5) is 0.